The predicted octanol–water partition coefficient (Wildman–Crippen LogP) is -0.583. The third-order valence-electron chi connectivity index (χ3n) is 2.42. The van der Waals surface area contributed by atoms with E-state index in [1.165, 1.54) is 0 Å². The van der Waals surface area contributed by atoms with Crippen molar-refractivity contribution in [3.63, 3.8) is 0 Å². The minimum Gasteiger partial charge on any atom is -0.409 e. The van der Waals surface area contributed by atoms with Gasteiger partial charge in [0.1, 0.15) is 0 Å². The van der Waals surface area contributed by atoms with Crippen LogP contribution in [-0.2, 0) is 0 Å². The Balaban J connectivity index is 2.16. The van der Waals surface area contributed by atoms with Crippen LogP contribution < -0.4 is 11.1 Å². The predicted molar refractivity (Wildman–Crippen MR) is 51.9 cm³/mol. The Kier molecular flexibility index (Phi) is 3.98. The lowest BCUT2D eigenvalue weighted by Gasteiger charge is -2.29. The Labute approximate surface area is 78.6 Å². The normalized spacial score (nSPS) is 22.1. The first-order valence-electron chi connectivity index (χ1n) is 4.60. The molecule has 1 aliphatic heterocycles. The van der Waals surface area contributed by atoms with Crippen LogP contribution >= 0.6 is 0 Å². The molecule has 5 nitrogen and oxygen atoms in total. The average Bonchev–Trinajstić information content (AvgIpc) is 2.16. The van der Waals surface area contributed by atoms with Crippen molar-refractivity contribution in [1.29, 1.82) is 0 Å². The molecule has 0 spiro atoms. The van der Waals surface area contributed by atoms with Gasteiger partial charge in [-0.15, -0.1) is 0 Å². The van der Waals surface area contributed by atoms with Crippen LogP contribution in [0.1, 0.15) is 12.8 Å². The van der Waals surface area contributed by atoms with E-state index in [0.29, 0.717) is 12.6 Å². The van der Waals surface area contributed by atoms with Crippen LogP contribution in [0.4, 0.5) is 0 Å². The van der Waals surface area contributed by atoms with Crippen LogP contribution in [0.5, 0.6) is 0 Å². The van der Waals surface area contributed by atoms with Gasteiger partial charge in [0, 0.05) is 6.04 Å². The SMILES string of the molecule is CN1CCC(NCC(N)=NO)CC1. The lowest BCUT2D eigenvalue weighted by molar-refractivity contribution is 0.238. The zero-order chi connectivity index (χ0) is 9.68. The molecule has 5 heteroatoms. The molecule has 0 saturated carbocycles. The molecule has 0 radical (unpaired) electrons. The highest BCUT2D eigenvalue weighted by Crippen LogP contribution is 2.07. The summed E-state index contributed by atoms with van der Waals surface area (Å²) in [7, 11) is 2.12. The number of nitrogens with zero attached hydrogens (tertiary/aromatic N) is 2. The number of nitrogens with one attached hydrogen (secondary N) is 1. The van der Waals surface area contributed by atoms with E-state index in [0.717, 1.165) is 25.9 Å². The monoisotopic (exact) mass is 186 g/mol. The van der Waals surface area contributed by atoms with Crippen molar-refractivity contribution in [1.82, 2.24) is 10.2 Å². The van der Waals surface area contributed by atoms with E-state index in [-0.39, 0.29) is 5.84 Å². The second-order valence-corrected chi connectivity index (χ2v) is 3.55. The van der Waals surface area contributed by atoms with E-state index in [1.807, 2.05) is 0 Å². The fourth-order valence-electron chi connectivity index (χ4n) is 1.50. The molecule has 1 aliphatic rings. The maximum Gasteiger partial charge on any atom is 0.153 e. The Hall–Kier alpha value is -0.810. The molecule has 0 atom stereocenters. The summed E-state index contributed by atoms with van der Waals surface area (Å²) in [5.41, 5.74) is 5.34. The Bertz CT molecular complexity index is 175. The van der Waals surface area contributed by atoms with Crippen LogP contribution in [-0.4, -0.2) is 48.7 Å². The summed E-state index contributed by atoms with van der Waals surface area (Å²) < 4.78 is 0. The van der Waals surface area contributed by atoms with Crippen molar-refractivity contribution in [3.05, 3.63) is 0 Å². The molecule has 0 unspecified atom stereocenters. The zero-order valence-electron chi connectivity index (χ0n) is 8.03. The molecule has 0 bridgehead atoms. The first-order valence-corrected chi connectivity index (χ1v) is 4.60. The van der Waals surface area contributed by atoms with E-state index in [2.05, 4.69) is 22.4 Å². The van der Waals surface area contributed by atoms with Gasteiger partial charge in [0.05, 0.1) is 6.54 Å². The standard InChI is InChI=1S/C8H18N4O/c1-12-4-2-7(3-5-12)10-6-8(9)11-13/h7,10,13H,2-6H2,1H3,(H2,9,11). The molecule has 1 saturated heterocycles. The van der Waals surface area contributed by atoms with Crippen molar-refractivity contribution in [2.75, 3.05) is 26.7 Å². The fraction of sp³-hybridized carbons (Fsp3) is 0.875. The highest BCUT2D eigenvalue weighted by molar-refractivity contribution is 5.81. The second-order valence-electron chi connectivity index (χ2n) is 3.55. The van der Waals surface area contributed by atoms with Crippen LogP contribution in [0.2, 0.25) is 0 Å². The number of likely N-dealkylation sites (tertiary alicyclic amines) is 1. The molecule has 0 aromatic rings. The maximum atomic E-state index is 8.32. The van der Waals surface area contributed by atoms with Crippen molar-refractivity contribution in [3.8, 4) is 0 Å². The summed E-state index contributed by atoms with van der Waals surface area (Å²) in [5, 5.41) is 14.5. The lowest BCUT2D eigenvalue weighted by atomic mass is 10.1. The third kappa shape index (κ3) is 3.61. The summed E-state index contributed by atoms with van der Waals surface area (Å²) >= 11 is 0. The Morgan fingerprint density at radius 3 is 2.77 bits per heavy atom. The van der Waals surface area contributed by atoms with E-state index >= 15 is 0 Å². The van der Waals surface area contributed by atoms with Gasteiger partial charge in [0.15, 0.2) is 5.84 Å². The van der Waals surface area contributed by atoms with Crippen LogP contribution in [0, 0.1) is 0 Å². The van der Waals surface area contributed by atoms with Gasteiger partial charge in [-0.1, -0.05) is 5.16 Å². The van der Waals surface area contributed by atoms with E-state index in [9.17, 15) is 0 Å². The van der Waals surface area contributed by atoms with Crippen molar-refractivity contribution in [2.24, 2.45) is 10.9 Å². The molecule has 4 N–H and O–H groups in total. The topological polar surface area (TPSA) is 73.9 Å². The van der Waals surface area contributed by atoms with Crippen molar-refractivity contribution < 1.29 is 5.21 Å². The zero-order valence-corrected chi connectivity index (χ0v) is 8.03. The smallest absolute Gasteiger partial charge is 0.153 e. The molecular formula is C8H18N4O. The molecular weight excluding hydrogens is 168 g/mol. The Morgan fingerprint density at radius 1 is 1.62 bits per heavy atom. The summed E-state index contributed by atoms with van der Waals surface area (Å²) in [6.07, 6.45) is 2.27. The number of amidine groups is 1. The number of nitrogens with two attached hydrogens (primary N) is 1. The highest BCUT2D eigenvalue weighted by Gasteiger charge is 2.15. The number of hydrogen-bond donors (Lipinski definition) is 3. The summed E-state index contributed by atoms with van der Waals surface area (Å²) in [4.78, 5) is 2.31. The highest BCUT2D eigenvalue weighted by atomic mass is 16.4. The molecule has 76 valence electrons. The van der Waals surface area contributed by atoms with Crippen LogP contribution in [0.3, 0.4) is 0 Å². The molecule has 0 aromatic carbocycles. The lowest BCUT2D eigenvalue weighted by Crippen LogP contribution is -2.43. The molecule has 0 aliphatic carbocycles. The van der Waals surface area contributed by atoms with Crippen molar-refractivity contribution >= 4 is 5.84 Å². The summed E-state index contributed by atoms with van der Waals surface area (Å²) in [6, 6.07) is 0.511. The summed E-state index contributed by atoms with van der Waals surface area (Å²) in [5.74, 6) is 0.249. The van der Waals surface area contributed by atoms with Crippen LogP contribution in [0.25, 0.3) is 0 Å². The fourth-order valence-corrected chi connectivity index (χ4v) is 1.50. The second kappa shape index (κ2) is 5.04. The molecule has 1 rings (SSSR count). The molecule has 13 heavy (non-hydrogen) atoms. The number of hydrogen-bond acceptors (Lipinski definition) is 4. The van der Waals surface area contributed by atoms with Gasteiger partial charge < -0.3 is 21.2 Å². The average molecular weight is 186 g/mol. The van der Waals surface area contributed by atoms with E-state index in [4.69, 9.17) is 10.9 Å². The molecule has 1 heterocycles. The minimum absolute atomic E-state index is 0.249. The van der Waals surface area contributed by atoms with E-state index in [1.54, 1.807) is 0 Å². The first kappa shape index (κ1) is 10.3. The molecule has 0 amide bonds. The molecule has 1 fully saturated rings. The molecule has 0 aromatic heterocycles. The van der Waals surface area contributed by atoms with Gasteiger partial charge in [-0.25, -0.2) is 0 Å². The first-order chi connectivity index (χ1) is 6.22. The largest absolute Gasteiger partial charge is 0.409 e. The van der Waals surface area contributed by atoms with Crippen LogP contribution in [0.15, 0.2) is 5.16 Å². The van der Waals surface area contributed by atoms with Gasteiger partial charge in [0.2, 0.25) is 0 Å². The quantitative estimate of drug-likeness (QED) is 0.238. The van der Waals surface area contributed by atoms with E-state index < -0.39 is 0 Å². The van der Waals surface area contributed by atoms with Gasteiger partial charge in [-0.3, -0.25) is 0 Å². The summed E-state index contributed by atoms with van der Waals surface area (Å²) in [6.45, 7) is 2.71. The Morgan fingerprint density at radius 2 is 2.23 bits per heavy atom. The number of rotatable bonds is 3. The third-order valence-corrected chi connectivity index (χ3v) is 2.42. The van der Waals surface area contributed by atoms with Gasteiger partial charge in [0.25, 0.3) is 0 Å². The number of piperidine rings is 1. The maximum absolute atomic E-state index is 8.32. The minimum atomic E-state index is 0.249. The van der Waals surface area contributed by atoms with Gasteiger partial charge >= 0.3 is 0 Å². The van der Waals surface area contributed by atoms with Crippen molar-refractivity contribution in [2.45, 2.75) is 18.9 Å². The van der Waals surface area contributed by atoms with Gasteiger partial charge in [-0.05, 0) is 33.0 Å². The number of oxime groups is 1. The van der Waals surface area contributed by atoms with Gasteiger partial charge in [-0.2, -0.15) is 0 Å².